The van der Waals surface area contributed by atoms with Gasteiger partial charge in [-0.3, -0.25) is 9.59 Å². The maximum absolute atomic E-state index is 13.0. The van der Waals surface area contributed by atoms with Crippen molar-refractivity contribution in [3.05, 3.63) is 35.9 Å². The van der Waals surface area contributed by atoms with Gasteiger partial charge in [0, 0.05) is 0 Å². The van der Waals surface area contributed by atoms with Crippen molar-refractivity contribution >= 4 is 17.3 Å². The molecule has 0 aliphatic heterocycles. The molecule has 0 fully saturated rings. The largest absolute Gasteiger partial charge is 0.494 e. The van der Waals surface area contributed by atoms with E-state index in [2.05, 4.69) is 13.8 Å². The molecule has 0 saturated heterocycles. The number of benzene rings is 1. The lowest BCUT2D eigenvalue weighted by Crippen LogP contribution is -2.42. The Bertz CT molecular complexity index is 674. The van der Waals surface area contributed by atoms with Crippen molar-refractivity contribution < 1.29 is 19.1 Å². The predicted molar refractivity (Wildman–Crippen MR) is 112 cm³/mol. The van der Waals surface area contributed by atoms with E-state index in [0.29, 0.717) is 25.9 Å². The first kappa shape index (κ1) is 22.2. The van der Waals surface area contributed by atoms with Gasteiger partial charge in [0.2, 0.25) is 0 Å². The van der Waals surface area contributed by atoms with Crippen molar-refractivity contribution in [3.63, 3.8) is 0 Å². The van der Waals surface area contributed by atoms with E-state index >= 15 is 0 Å². The van der Waals surface area contributed by atoms with E-state index < -0.39 is 5.41 Å². The minimum Gasteiger partial charge on any atom is -0.494 e. The number of hydrogen-bond donors (Lipinski definition) is 0. The average molecular weight is 387 g/mol. The lowest BCUT2D eigenvalue weighted by Gasteiger charge is -2.33. The van der Waals surface area contributed by atoms with E-state index in [1.54, 1.807) is 13.0 Å². The molecular formula is C24H34O4. The van der Waals surface area contributed by atoms with Crippen LogP contribution in [0, 0.1) is 5.41 Å². The topological polar surface area (TPSA) is 52.6 Å². The van der Waals surface area contributed by atoms with Crippen LogP contribution in [0.4, 0.5) is 0 Å². The monoisotopic (exact) mass is 386 g/mol. The molecule has 0 bridgehead atoms. The Hall–Kier alpha value is -2.10. The Morgan fingerprint density at radius 3 is 2.36 bits per heavy atom. The van der Waals surface area contributed by atoms with Gasteiger partial charge in [-0.05, 0) is 62.0 Å². The minimum absolute atomic E-state index is 0.105. The van der Waals surface area contributed by atoms with Gasteiger partial charge in [-0.1, -0.05) is 51.7 Å². The summed E-state index contributed by atoms with van der Waals surface area (Å²) in [7, 11) is 0. The van der Waals surface area contributed by atoms with Crippen LogP contribution in [0.1, 0.15) is 77.7 Å². The van der Waals surface area contributed by atoms with E-state index in [1.165, 1.54) is 0 Å². The Balaban J connectivity index is 2.14. The highest BCUT2D eigenvalue weighted by Crippen LogP contribution is 2.41. The Morgan fingerprint density at radius 2 is 1.75 bits per heavy atom. The average Bonchev–Trinajstić information content (AvgIpc) is 2.70. The number of unbranched alkanes of at least 4 members (excludes halogenated alkanes) is 3. The second kappa shape index (κ2) is 11.0. The zero-order valence-electron chi connectivity index (χ0n) is 17.6. The molecule has 1 aliphatic rings. The second-order valence-electron chi connectivity index (χ2n) is 7.52. The molecule has 0 saturated carbocycles. The summed E-state index contributed by atoms with van der Waals surface area (Å²) in [5, 5.41) is 0. The third-order valence-electron chi connectivity index (χ3n) is 5.46. The summed E-state index contributed by atoms with van der Waals surface area (Å²) in [6, 6.07) is 7.89. The molecule has 2 rings (SSSR count). The van der Waals surface area contributed by atoms with E-state index in [4.69, 9.17) is 9.47 Å². The molecule has 1 atom stereocenters. The van der Waals surface area contributed by atoms with E-state index in [-0.39, 0.29) is 11.8 Å². The van der Waals surface area contributed by atoms with Gasteiger partial charge in [-0.15, -0.1) is 0 Å². The summed E-state index contributed by atoms with van der Waals surface area (Å²) < 4.78 is 11.0. The van der Waals surface area contributed by atoms with Gasteiger partial charge in [0.05, 0.1) is 13.2 Å². The van der Waals surface area contributed by atoms with Gasteiger partial charge < -0.3 is 9.47 Å². The normalized spacial score (nSPS) is 19.2. The third-order valence-corrected chi connectivity index (χ3v) is 5.46. The number of hydrogen-bond acceptors (Lipinski definition) is 4. The first-order valence-corrected chi connectivity index (χ1v) is 10.7. The van der Waals surface area contributed by atoms with E-state index in [0.717, 1.165) is 55.6 Å². The number of ketones is 1. The van der Waals surface area contributed by atoms with Gasteiger partial charge in [0.25, 0.3) is 0 Å². The van der Waals surface area contributed by atoms with Crippen molar-refractivity contribution in [1.82, 2.24) is 0 Å². The molecule has 0 spiro atoms. The zero-order chi connectivity index (χ0) is 20.4. The van der Waals surface area contributed by atoms with E-state index in [1.807, 2.05) is 24.3 Å². The fraction of sp³-hybridized carbons (Fsp3) is 0.583. The fourth-order valence-electron chi connectivity index (χ4n) is 3.67. The summed E-state index contributed by atoms with van der Waals surface area (Å²) in [6.45, 7) is 7.07. The van der Waals surface area contributed by atoms with Crippen LogP contribution >= 0.6 is 0 Å². The summed E-state index contributed by atoms with van der Waals surface area (Å²) in [6.07, 6.45) is 8.55. The maximum Gasteiger partial charge on any atom is 0.319 e. The Kier molecular flexibility index (Phi) is 8.75. The van der Waals surface area contributed by atoms with Gasteiger partial charge in [-0.25, -0.2) is 0 Å². The maximum atomic E-state index is 13.0. The summed E-state index contributed by atoms with van der Waals surface area (Å²) in [4.78, 5) is 25.7. The number of carbonyl (C=O) groups is 2. The Labute approximate surface area is 169 Å². The van der Waals surface area contributed by atoms with Gasteiger partial charge in [0.1, 0.15) is 11.2 Å². The molecule has 0 N–H and O–H groups in total. The standard InChI is InChI=1S/C24H34O4/c1-4-7-9-15-24(23(26)27-6-3)16-14-20(18-22(24)25)19-10-12-21(13-11-19)28-17-8-5-2/h10-13,18H,4-9,14-17H2,1-3H3. The Morgan fingerprint density at radius 1 is 1.04 bits per heavy atom. The first-order valence-electron chi connectivity index (χ1n) is 10.7. The molecule has 4 heteroatoms. The number of ether oxygens (including phenoxy) is 2. The van der Waals surface area contributed by atoms with Crippen LogP contribution in [0.5, 0.6) is 5.75 Å². The van der Waals surface area contributed by atoms with Crippen molar-refractivity contribution in [3.8, 4) is 5.75 Å². The van der Waals surface area contributed by atoms with Gasteiger partial charge in [-0.2, -0.15) is 0 Å². The third kappa shape index (κ3) is 5.46. The second-order valence-corrected chi connectivity index (χ2v) is 7.52. The SMILES string of the molecule is CCCCCC1(C(=O)OCC)CCC(c2ccc(OCCCC)cc2)=CC1=O. The highest BCUT2D eigenvalue weighted by molar-refractivity contribution is 6.13. The van der Waals surface area contributed by atoms with Crippen LogP contribution in [0.15, 0.2) is 30.3 Å². The van der Waals surface area contributed by atoms with Crippen LogP contribution in [0.3, 0.4) is 0 Å². The molecule has 0 heterocycles. The fourth-order valence-corrected chi connectivity index (χ4v) is 3.67. The lowest BCUT2D eigenvalue weighted by atomic mass is 9.70. The molecule has 1 aromatic rings. The zero-order valence-corrected chi connectivity index (χ0v) is 17.6. The predicted octanol–water partition coefficient (Wildman–Crippen LogP) is 5.74. The highest BCUT2D eigenvalue weighted by Gasteiger charge is 2.47. The molecule has 1 aromatic carbocycles. The molecule has 1 aliphatic carbocycles. The smallest absolute Gasteiger partial charge is 0.319 e. The number of allylic oxidation sites excluding steroid dienone is 2. The number of carbonyl (C=O) groups excluding carboxylic acids is 2. The first-order chi connectivity index (χ1) is 13.6. The van der Waals surface area contributed by atoms with Crippen molar-refractivity contribution in [1.29, 1.82) is 0 Å². The van der Waals surface area contributed by atoms with Crippen molar-refractivity contribution in [2.45, 2.75) is 72.1 Å². The molecular weight excluding hydrogens is 352 g/mol. The van der Waals surface area contributed by atoms with Gasteiger partial charge >= 0.3 is 5.97 Å². The van der Waals surface area contributed by atoms with Gasteiger partial charge in [0.15, 0.2) is 5.78 Å². The summed E-state index contributed by atoms with van der Waals surface area (Å²) in [5.74, 6) is 0.387. The van der Waals surface area contributed by atoms with Crippen molar-refractivity contribution in [2.75, 3.05) is 13.2 Å². The van der Waals surface area contributed by atoms with Crippen LogP contribution in [0.2, 0.25) is 0 Å². The number of esters is 1. The van der Waals surface area contributed by atoms with Crippen molar-refractivity contribution in [2.24, 2.45) is 5.41 Å². The molecule has 0 aromatic heterocycles. The summed E-state index contributed by atoms with van der Waals surface area (Å²) >= 11 is 0. The lowest BCUT2D eigenvalue weighted by molar-refractivity contribution is -0.160. The van der Waals surface area contributed by atoms with E-state index in [9.17, 15) is 9.59 Å². The van der Waals surface area contributed by atoms with Crippen LogP contribution in [-0.4, -0.2) is 25.0 Å². The molecule has 0 amide bonds. The molecule has 4 nitrogen and oxygen atoms in total. The molecule has 154 valence electrons. The number of rotatable bonds is 11. The summed E-state index contributed by atoms with van der Waals surface area (Å²) in [5.41, 5.74) is 1.00. The van der Waals surface area contributed by atoms with Crippen LogP contribution in [0.25, 0.3) is 5.57 Å². The highest BCUT2D eigenvalue weighted by atomic mass is 16.5. The molecule has 28 heavy (non-hydrogen) atoms. The minimum atomic E-state index is -1.00. The quantitative estimate of drug-likeness (QED) is 0.276. The molecule has 0 radical (unpaired) electrons. The molecule has 1 unspecified atom stereocenters. The van der Waals surface area contributed by atoms with Crippen LogP contribution < -0.4 is 4.74 Å². The van der Waals surface area contributed by atoms with Crippen LogP contribution in [-0.2, 0) is 14.3 Å².